The summed E-state index contributed by atoms with van der Waals surface area (Å²) in [6, 6.07) is 12.7. The summed E-state index contributed by atoms with van der Waals surface area (Å²) in [6.07, 6.45) is -4.46. The van der Waals surface area contributed by atoms with Crippen LogP contribution in [-0.2, 0) is 27.4 Å². The number of hydrogen-bond acceptors (Lipinski definition) is 5. The van der Waals surface area contributed by atoms with E-state index in [1.807, 2.05) is 6.92 Å². The number of sulfonamides is 1. The summed E-state index contributed by atoms with van der Waals surface area (Å²) in [6.45, 7) is 1.80. The number of carbonyl (C=O) groups is 1. The molecule has 0 unspecified atom stereocenters. The van der Waals surface area contributed by atoms with Gasteiger partial charge in [0.2, 0.25) is 6.79 Å². The fourth-order valence-electron chi connectivity index (χ4n) is 4.46. The Morgan fingerprint density at radius 1 is 1.05 bits per heavy atom. The van der Waals surface area contributed by atoms with Crippen LogP contribution in [0.1, 0.15) is 29.2 Å². The van der Waals surface area contributed by atoms with Gasteiger partial charge in [-0.05, 0) is 47.9 Å². The van der Waals surface area contributed by atoms with E-state index in [0.29, 0.717) is 29.5 Å². The zero-order valence-electron chi connectivity index (χ0n) is 18.7. The predicted molar refractivity (Wildman–Crippen MR) is 130 cm³/mol. The number of alkyl halides is 3. The van der Waals surface area contributed by atoms with E-state index in [-0.39, 0.29) is 84.1 Å². The van der Waals surface area contributed by atoms with E-state index < -0.39 is 39.1 Å². The SMILES string of the molecule is CCc1cc(C2=C(C(=O)O)N(c3ccccc3C(F)(F)F)S(=O)(=O)c3ccccc32)cc2c1OCO2.[KH]. The van der Waals surface area contributed by atoms with Gasteiger partial charge >= 0.3 is 63.5 Å². The number of carboxylic acid groups (broad SMARTS) is 1. The summed E-state index contributed by atoms with van der Waals surface area (Å²) < 4.78 is 80.5. The molecule has 2 aliphatic rings. The van der Waals surface area contributed by atoms with Gasteiger partial charge in [0.15, 0.2) is 17.2 Å². The third-order valence-electron chi connectivity index (χ3n) is 5.96. The van der Waals surface area contributed by atoms with E-state index in [2.05, 4.69) is 0 Å². The Kier molecular flexibility index (Phi) is 7.54. The van der Waals surface area contributed by atoms with E-state index in [1.54, 1.807) is 6.07 Å². The van der Waals surface area contributed by atoms with E-state index in [1.165, 1.54) is 36.4 Å². The number of carboxylic acids is 1. The summed E-state index contributed by atoms with van der Waals surface area (Å²) >= 11 is 0. The molecule has 188 valence electrons. The van der Waals surface area contributed by atoms with Crippen molar-refractivity contribution < 1.29 is 41.0 Å². The van der Waals surface area contributed by atoms with Crippen molar-refractivity contribution >= 4 is 78.6 Å². The summed E-state index contributed by atoms with van der Waals surface area (Å²) in [5, 5.41) is 10.3. The summed E-state index contributed by atoms with van der Waals surface area (Å²) in [5.74, 6) is -0.903. The first-order valence-corrected chi connectivity index (χ1v) is 12.2. The number of aliphatic carboxylic acids is 1. The molecule has 0 aromatic heterocycles. The van der Waals surface area contributed by atoms with Crippen molar-refractivity contribution in [2.24, 2.45) is 0 Å². The van der Waals surface area contributed by atoms with Gasteiger partial charge in [-0.15, -0.1) is 0 Å². The molecule has 0 fully saturated rings. The second-order valence-electron chi connectivity index (χ2n) is 8.03. The van der Waals surface area contributed by atoms with Crippen LogP contribution >= 0.6 is 0 Å². The minimum absolute atomic E-state index is 0. The zero-order valence-corrected chi connectivity index (χ0v) is 19.5. The Labute approximate surface area is 253 Å². The number of rotatable bonds is 4. The fraction of sp³-hybridized carbons (Fsp3) is 0.160. The first-order valence-electron chi connectivity index (χ1n) is 10.8. The van der Waals surface area contributed by atoms with Crippen LogP contribution in [0.4, 0.5) is 18.9 Å². The molecule has 0 bridgehead atoms. The average Bonchev–Trinajstić information content (AvgIpc) is 3.31. The molecule has 0 saturated heterocycles. The van der Waals surface area contributed by atoms with E-state index >= 15 is 0 Å². The Morgan fingerprint density at radius 3 is 2.41 bits per heavy atom. The van der Waals surface area contributed by atoms with Crippen molar-refractivity contribution in [2.45, 2.75) is 24.4 Å². The molecule has 3 aromatic rings. The number of nitrogens with zero attached hydrogens (tertiary/aromatic N) is 1. The predicted octanol–water partition coefficient (Wildman–Crippen LogP) is 4.40. The maximum absolute atomic E-state index is 13.9. The quantitative estimate of drug-likeness (QED) is 0.478. The van der Waals surface area contributed by atoms with E-state index in [9.17, 15) is 31.5 Å². The first-order chi connectivity index (χ1) is 17.1. The third-order valence-corrected chi connectivity index (χ3v) is 7.74. The van der Waals surface area contributed by atoms with Crippen molar-refractivity contribution in [3.63, 3.8) is 0 Å². The van der Waals surface area contributed by atoms with Crippen molar-refractivity contribution in [3.8, 4) is 11.5 Å². The number of halogens is 3. The summed E-state index contributed by atoms with van der Waals surface area (Å²) in [5.41, 5.74) is -1.99. The number of aryl methyl sites for hydroxylation is 1. The first kappa shape index (κ1) is 27.7. The Bertz CT molecular complexity index is 1550. The van der Waals surface area contributed by atoms with Gasteiger partial charge in [0.05, 0.1) is 16.1 Å². The van der Waals surface area contributed by atoms with Gasteiger partial charge in [0, 0.05) is 11.1 Å². The van der Waals surface area contributed by atoms with Crippen LogP contribution in [0.15, 0.2) is 71.3 Å². The molecular formula is C25H19F3KNO6S. The number of ether oxygens (including phenoxy) is 2. The number of hydrogen-bond donors (Lipinski definition) is 1. The Hall–Kier alpha value is -2.35. The number of benzene rings is 3. The molecule has 3 aromatic carbocycles. The average molecular weight is 558 g/mol. The van der Waals surface area contributed by atoms with Crippen LogP contribution in [-0.4, -0.2) is 77.7 Å². The molecule has 7 nitrogen and oxygen atoms in total. The Morgan fingerprint density at radius 2 is 1.73 bits per heavy atom. The number of para-hydroxylation sites is 1. The molecule has 0 saturated carbocycles. The van der Waals surface area contributed by atoms with Crippen molar-refractivity contribution in [3.05, 3.63) is 88.6 Å². The second-order valence-corrected chi connectivity index (χ2v) is 9.79. The molecule has 0 atom stereocenters. The topological polar surface area (TPSA) is 93.1 Å². The van der Waals surface area contributed by atoms with Gasteiger partial charge in [0.1, 0.15) is 0 Å². The van der Waals surface area contributed by atoms with Crippen LogP contribution in [0.2, 0.25) is 0 Å². The molecule has 0 radical (unpaired) electrons. The number of fused-ring (bicyclic) bond motifs is 2. The van der Waals surface area contributed by atoms with Crippen LogP contribution in [0.25, 0.3) is 5.57 Å². The molecule has 2 aliphatic heterocycles. The van der Waals surface area contributed by atoms with Gasteiger partial charge in [-0.3, -0.25) is 0 Å². The molecule has 1 N–H and O–H groups in total. The van der Waals surface area contributed by atoms with Crippen LogP contribution < -0.4 is 13.8 Å². The van der Waals surface area contributed by atoms with Crippen LogP contribution in [0.3, 0.4) is 0 Å². The van der Waals surface area contributed by atoms with Crippen LogP contribution in [0, 0.1) is 0 Å². The minimum atomic E-state index is -4.94. The zero-order chi connectivity index (χ0) is 25.8. The molecule has 0 amide bonds. The summed E-state index contributed by atoms with van der Waals surface area (Å²) in [4.78, 5) is 12.3. The fourth-order valence-corrected chi connectivity index (χ4v) is 6.19. The van der Waals surface area contributed by atoms with Gasteiger partial charge in [-0.1, -0.05) is 37.3 Å². The normalized spacial score (nSPS) is 15.7. The van der Waals surface area contributed by atoms with Gasteiger partial charge in [0.25, 0.3) is 10.0 Å². The molecular weight excluding hydrogens is 538 g/mol. The van der Waals surface area contributed by atoms with Crippen molar-refractivity contribution in [1.82, 2.24) is 0 Å². The van der Waals surface area contributed by atoms with E-state index in [0.717, 1.165) is 12.1 Å². The number of anilines is 1. The molecule has 37 heavy (non-hydrogen) atoms. The van der Waals surface area contributed by atoms with Gasteiger partial charge < -0.3 is 14.6 Å². The second kappa shape index (κ2) is 10.1. The van der Waals surface area contributed by atoms with Gasteiger partial charge in [-0.2, -0.15) is 13.2 Å². The van der Waals surface area contributed by atoms with E-state index in [4.69, 9.17) is 9.47 Å². The molecule has 12 heteroatoms. The molecule has 0 aliphatic carbocycles. The molecule has 5 rings (SSSR count). The van der Waals surface area contributed by atoms with Crippen molar-refractivity contribution in [2.75, 3.05) is 11.1 Å². The summed E-state index contributed by atoms with van der Waals surface area (Å²) in [7, 11) is -4.74. The monoisotopic (exact) mass is 557 g/mol. The standard InChI is InChI=1S/C25H18F3NO6S.K.H/c1-2-14-11-15(12-19-23(14)35-13-34-19)21-16-7-3-6-10-20(16)36(32,33)29(22(21)24(30)31)18-9-5-4-8-17(18)25(26,27)28;;/h3-12H,2,13H2,1H3,(H,30,31);;. The van der Waals surface area contributed by atoms with Gasteiger partial charge in [-0.25, -0.2) is 17.5 Å². The third kappa shape index (κ3) is 4.59. The van der Waals surface area contributed by atoms with Crippen molar-refractivity contribution in [1.29, 1.82) is 0 Å². The molecule has 2 heterocycles. The molecule has 0 spiro atoms. The Balaban J connectivity index is 0.00000320. The van der Waals surface area contributed by atoms with Crippen LogP contribution in [0.5, 0.6) is 11.5 Å². The maximum atomic E-state index is 13.9.